The fourth-order valence-corrected chi connectivity index (χ4v) is 2.51. The van der Waals surface area contributed by atoms with Crippen molar-refractivity contribution in [1.29, 1.82) is 0 Å². The Balaban J connectivity index is 2.62. The maximum absolute atomic E-state index is 11.6. The van der Waals surface area contributed by atoms with Crippen molar-refractivity contribution in [3.8, 4) is 0 Å². The molecular weight excluding hydrogens is 192 g/mol. The van der Waals surface area contributed by atoms with Crippen LogP contribution in [0.1, 0.15) is 46.0 Å². The van der Waals surface area contributed by atoms with Gasteiger partial charge in [-0.2, -0.15) is 0 Å². The highest BCUT2D eigenvalue weighted by Gasteiger charge is 2.39. The first kappa shape index (κ1) is 12.2. The molecule has 3 heteroatoms. The molecule has 15 heavy (non-hydrogen) atoms. The number of hydrogen-bond acceptors (Lipinski definition) is 2. The van der Waals surface area contributed by atoms with Crippen LogP contribution in [0.15, 0.2) is 0 Å². The lowest BCUT2D eigenvalue weighted by Crippen LogP contribution is -2.26. The van der Waals surface area contributed by atoms with Gasteiger partial charge in [0.15, 0.2) is 0 Å². The topological polar surface area (TPSA) is 54.4 Å². The van der Waals surface area contributed by atoms with Crippen LogP contribution in [0.25, 0.3) is 0 Å². The summed E-state index contributed by atoms with van der Waals surface area (Å²) < 4.78 is 0. The molecule has 1 aliphatic carbocycles. The number of rotatable bonds is 5. The number of carboxylic acid groups (broad SMARTS) is 1. The summed E-state index contributed by atoms with van der Waals surface area (Å²) in [5, 5.41) is 8.96. The molecule has 0 radical (unpaired) electrons. The molecule has 0 aliphatic heterocycles. The normalized spacial score (nSPS) is 28.0. The summed E-state index contributed by atoms with van der Waals surface area (Å²) in [5.41, 5.74) is 0. The van der Waals surface area contributed by atoms with Crippen LogP contribution >= 0.6 is 0 Å². The Morgan fingerprint density at radius 1 is 1.60 bits per heavy atom. The van der Waals surface area contributed by atoms with Gasteiger partial charge in [-0.15, -0.1) is 0 Å². The first-order chi connectivity index (χ1) is 7.07. The number of hydrogen-bond donors (Lipinski definition) is 1. The molecule has 1 aliphatic rings. The molecule has 1 N–H and O–H groups in total. The molecule has 86 valence electrons. The van der Waals surface area contributed by atoms with E-state index in [0.717, 1.165) is 25.7 Å². The fraction of sp³-hybridized carbons (Fsp3) is 0.833. The Labute approximate surface area is 90.9 Å². The maximum Gasteiger partial charge on any atom is 0.306 e. The van der Waals surface area contributed by atoms with Crippen LogP contribution in [0.4, 0.5) is 0 Å². The van der Waals surface area contributed by atoms with Crippen LogP contribution in [-0.4, -0.2) is 16.9 Å². The van der Waals surface area contributed by atoms with Gasteiger partial charge in [-0.3, -0.25) is 9.59 Å². The second-order valence-corrected chi connectivity index (χ2v) is 4.54. The number of Topliss-reactive ketones (excluding diaryl/α,β-unsaturated/α-hetero) is 1. The molecular formula is C12H20O3. The lowest BCUT2D eigenvalue weighted by molar-refractivity contribution is -0.143. The Morgan fingerprint density at radius 2 is 2.27 bits per heavy atom. The third-order valence-electron chi connectivity index (χ3n) is 3.55. The van der Waals surface area contributed by atoms with Gasteiger partial charge in [0.2, 0.25) is 0 Å². The molecule has 0 bridgehead atoms. The van der Waals surface area contributed by atoms with E-state index in [0.29, 0.717) is 6.42 Å². The van der Waals surface area contributed by atoms with Gasteiger partial charge in [-0.1, -0.05) is 26.7 Å². The standard InChI is InChI=1S/C12H20O3/c1-3-4-5-10-9(6-7-11(10)13)8(2)12(14)15/h8-10H,3-7H2,1-2H3,(H,14,15). The minimum atomic E-state index is -0.767. The number of aliphatic carboxylic acids is 1. The molecule has 0 amide bonds. The van der Waals surface area contributed by atoms with Gasteiger partial charge in [0.25, 0.3) is 0 Å². The third kappa shape index (κ3) is 2.80. The average Bonchev–Trinajstić information content (AvgIpc) is 2.55. The highest BCUT2D eigenvalue weighted by atomic mass is 16.4. The molecule has 1 saturated carbocycles. The van der Waals surface area contributed by atoms with Crippen molar-refractivity contribution in [1.82, 2.24) is 0 Å². The smallest absolute Gasteiger partial charge is 0.306 e. The molecule has 0 saturated heterocycles. The fourth-order valence-electron chi connectivity index (χ4n) is 2.51. The van der Waals surface area contributed by atoms with Gasteiger partial charge in [-0.05, 0) is 18.8 Å². The van der Waals surface area contributed by atoms with Crippen LogP contribution in [-0.2, 0) is 9.59 Å². The van der Waals surface area contributed by atoms with Gasteiger partial charge in [0, 0.05) is 12.3 Å². The largest absolute Gasteiger partial charge is 0.481 e. The van der Waals surface area contributed by atoms with Crippen molar-refractivity contribution in [2.45, 2.75) is 46.0 Å². The van der Waals surface area contributed by atoms with E-state index in [4.69, 9.17) is 5.11 Å². The maximum atomic E-state index is 11.6. The van der Waals surface area contributed by atoms with Crippen molar-refractivity contribution in [3.63, 3.8) is 0 Å². The van der Waals surface area contributed by atoms with Crippen LogP contribution in [0, 0.1) is 17.8 Å². The van der Waals surface area contributed by atoms with Crippen LogP contribution in [0.3, 0.4) is 0 Å². The summed E-state index contributed by atoms with van der Waals surface area (Å²) in [6, 6.07) is 0. The highest BCUT2D eigenvalue weighted by Crippen LogP contribution is 2.37. The van der Waals surface area contributed by atoms with Gasteiger partial charge in [0.05, 0.1) is 5.92 Å². The summed E-state index contributed by atoms with van der Waals surface area (Å²) in [5.74, 6) is -0.784. The van der Waals surface area contributed by atoms with Crippen molar-refractivity contribution in [2.24, 2.45) is 17.8 Å². The van der Waals surface area contributed by atoms with Crippen molar-refractivity contribution in [2.75, 3.05) is 0 Å². The lowest BCUT2D eigenvalue weighted by Gasteiger charge is -2.21. The average molecular weight is 212 g/mol. The summed E-state index contributed by atoms with van der Waals surface area (Å²) in [7, 11) is 0. The summed E-state index contributed by atoms with van der Waals surface area (Å²) in [4.78, 5) is 22.5. The minimum Gasteiger partial charge on any atom is -0.481 e. The van der Waals surface area contributed by atoms with E-state index in [-0.39, 0.29) is 23.5 Å². The van der Waals surface area contributed by atoms with E-state index < -0.39 is 5.97 Å². The molecule has 0 heterocycles. The molecule has 0 aromatic heterocycles. The molecule has 0 aromatic rings. The summed E-state index contributed by atoms with van der Waals surface area (Å²) >= 11 is 0. The third-order valence-corrected chi connectivity index (χ3v) is 3.55. The quantitative estimate of drug-likeness (QED) is 0.761. The molecule has 3 unspecified atom stereocenters. The molecule has 3 atom stereocenters. The Hall–Kier alpha value is -0.860. The van der Waals surface area contributed by atoms with E-state index in [1.54, 1.807) is 6.92 Å². The predicted molar refractivity (Wildman–Crippen MR) is 57.5 cm³/mol. The molecule has 1 fully saturated rings. The second-order valence-electron chi connectivity index (χ2n) is 4.54. The number of carbonyl (C=O) groups is 2. The predicted octanol–water partition coefficient (Wildman–Crippen LogP) is 2.49. The van der Waals surface area contributed by atoms with Crippen molar-refractivity contribution in [3.05, 3.63) is 0 Å². The lowest BCUT2D eigenvalue weighted by atomic mass is 9.82. The van der Waals surface area contributed by atoms with E-state index >= 15 is 0 Å². The van der Waals surface area contributed by atoms with Gasteiger partial charge >= 0.3 is 5.97 Å². The van der Waals surface area contributed by atoms with Crippen molar-refractivity contribution < 1.29 is 14.7 Å². The zero-order chi connectivity index (χ0) is 11.4. The zero-order valence-electron chi connectivity index (χ0n) is 9.53. The SMILES string of the molecule is CCCCC1C(=O)CCC1C(C)C(=O)O. The Bertz CT molecular complexity index is 247. The molecule has 0 spiro atoms. The van der Waals surface area contributed by atoms with E-state index in [2.05, 4.69) is 6.92 Å². The Morgan fingerprint density at radius 3 is 2.80 bits per heavy atom. The van der Waals surface area contributed by atoms with E-state index in [9.17, 15) is 9.59 Å². The Kier molecular flexibility index (Phi) is 4.30. The van der Waals surface area contributed by atoms with Gasteiger partial charge in [-0.25, -0.2) is 0 Å². The van der Waals surface area contributed by atoms with Crippen LogP contribution in [0.2, 0.25) is 0 Å². The van der Waals surface area contributed by atoms with Crippen LogP contribution in [0.5, 0.6) is 0 Å². The molecule has 0 aromatic carbocycles. The van der Waals surface area contributed by atoms with E-state index in [1.807, 2.05) is 0 Å². The first-order valence-electron chi connectivity index (χ1n) is 5.83. The van der Waals surface area contributed by atoms with Gasteiger partial charge in [0.1, 0.15) is 5.78 Å². The number of unbranched alkanes of at least 4 members (excludes halogenated alkanes) is 1. The van der Waals surface area contributed by atoms with Gasteiger partial charge < -0.3 is 5.11 Å². The number of carbonyl (C=O) groups excluding carboxylic acids is 1. The summed E-state index contributed by atoms with van der Waals surface area (Å²) in [6.45, 7) is 3.82. The monoisotopic (exact) mass is 212 g/mol. The zero-order valence-corrected chi connectivity index (χ0v) is 9.53. The number of ketones is 1. The van der Waals surface area contributed by atoms with Crippen molar-refractivity contribution >= 4 is 11.8 Å². The highest BCUT2D eigenvalue weighted by molar-refractivity contribution is 5.84. The second kappa shape index (κ2) is 5.29. The van der Waals surface area contributed by atoms with E-state index in [1.165, 1.54) is 0 Å². The minimum absolute atomic E-state index is 0.0102. The molecule has 1 rings (SSSR count). The summed E-state index contributed by atoms with van der Waals surface area (Å²) in [6.07, 6.45) is 4.31. The first-order valence-corrected chi connectivity index (χ1v) is 5.83. The molecule has 3 nitrogen and oxygen atoms in total. The number of carboxylic acids is 1. The van der Waals surface area contributed by atoms with Crippen LogP contribution < -0.4 is 0 Å².